The lowest BCUT2D eigenvalue weighted by molar-refractivity contribution is 0.112. The molecule has 2 aromatic rings. The smallest absolute Gasteiger partial charge is 0.153 e. The van der Waals surface area contributed by atoms with E-state index >= 15 is 0 Å². The van der Waals surface area contributed by atoms with Crippen LogP contribution in [0.5, 0.6) is 0 Å². The molecule has 1 fully saturated rings. The van der Waals surface area contributed by atoms with Crippen molar-refractivity contribution < 1.29 is 4.79 Å². The number of carbonyl (C=O) groups excluding carboxylic acids is 1. The molecule has 3 rings (SSSR count). The van der Waals surface area contributed by atoms with Gasteiger partial charge in [-0.1, -0.05) is 31.4 Å². The van der Waals surface area contributed by atoms with Crippen molar-refractivity contribution in [1.29, 1.82) is 0 Å². The first-order valence-corrected chi connectivity index (χ1v) is 8.82. The molecule has 0 unspecified atom stereocenters. The van der Waals surface area contributed by atoms with Crippen LogP contribution in [0.3, 0.4) is 0 Å². The molecular weight excluding hydrogens is 284 g/mol. The SMILES string of the molecule is CCCCCN(CC1CC1)c1c(C=O)cnc2ccc(C)cc12. The number of hydrogen-bond donors (Lipinski definition) is 0. The molecule has 1 heterocycles. The van der Waals surface area contributed by atoms with Crippen LogP contribution < -0.4 is 4.90 Å². The molecule has 0 aliphatic heterocycles. The van der Waals surface area contributed by atoms with Gasteiger partial charge in [0.2, 0.25) is 0 Å². The summed E-state index contributed by atoms with van der Waals surface area (Å²) in [6.07, 6.45) is 8.97. The van der Waals surface area contributed by atoms with Crippen molar-refractivity contribution >= 4 is 22.9 Å². The molecule has 0 atom stereocenters. The van der Waals surface area contributed by atoms with Crippen LogP contribution in [-0.4, -0.2) is 24.4 Å². The normalized spacial score (nSPS) is 14.2. The van der Waals surface area contributed by atoms with Crippen LogP contribution in [0.25, 0.3) is 10.9 Å². The monoisotopic (exact) mass is 310 g/mol. The van der Waals surface area contributed by atoms with Gasteiger partial charge >= 0.3 is 0 Å². The number of unbranched alkanes of at least 4 members (excludes halogenated alkanes) is 2. The first kappa shape index (κ1) is 16.0. The Morgan fingerprint density at radius 3 is 2.83 bits per heavy atom. The van der Waals surface area contributed by atoms with Crippen molar-refractivity contribution in [2.75, 3.05) is 18.0 Å². The first-order valence-electron chi connectivity index (χ1n) is 8.82. The summed E-state index contributed by atoms with van der Waals surface area (Å²) in [5.41, 5.74) is 4.01. The molecular formula is C20H26N2O. The molecule has 0 radical (unpaired) electrons. The molecule has 0 spiro atoms. The minimum absolute atomic E-state index is 0.722. The summed E-state index contributed by atoms with van der Waals surface area (Å²) in [5, 5.41) is 1.12. The number of aldehydes is 1. The summed E-state index contributed by atoms with van der Waals surface area (Å²) >= 11 is 0. The van der Waals surface area contributed by atoms with E-state index in [1.807, 2.05) is 0 Å². The van der Waals surface area contributed by atoms with Gasteiger partial charge in [0.1, 0.15) is 0 Å². The Kier molecular flexibility index (Phi) is 4.94. The van der Waals surface area contributed by atoms with Crippen LogP contribution in [-0.2, 0) is 0 Å². The number of rotatable bonds is 8. The number of pyridine rings is 1. The van der Waals surface area contributed by atoms with Crippen LogP contribution >= 0.6 is 0 Å². The molecule has 0 N–H and O–H groups in total. The fraction of sp³-hybridized carbons (Fsp3) is 0.500. The molecule has 3 heteroatoms. The summed E-state index contributed by atoms with van der Waals surface area (Å²) in [6, 6.07) is 6.32. The van der Waals surface area contributed by atoms with Crippen molar-refractivity contribution in [3.8, 4) is 0 Å². The summed E-state index contributed by atoms with van der Waals surface area (Å²) in [5.74, 6) is 0.796. The summed E-state index contributed by atoms with van der Waals surface area (Å²) in [4.78, 5) is 18.5. The Morgan fingerprint density at radius 2 is 2.13 bits per heavy atom. The fourth-order valence-corrected chi connectivity index (χ4v) is 3.21. The first-order chi connectivity index (χ1) is 11.2. The van der Waals surface area contributed by atoms with Crippen molar-refractivity contribution in [3.63, 3.8) is 0 Å². The highest BCUT2D eigenvalue weighted by Crippen LogP contribution is 2.35. The summed E-state index contributed by atoms with van der Waals surface area (Å²) in [6.45, 7) is 6.42. The Labute approximate surface area is 138 Å². The molecule has 1 saturated carbocycles. The third kappa shape index (κ3) is 3.72. The van der Waals surface area contributed by atoms with E-state index in [2.05, 4.69) is 41.9 Å². The number of hydrogen-bond acceptors (Lipinski definition) is 3. The Bertz CT molecular complexity index is 691. The zero-order valence-corrected chi connectivity index (χ0v) is 14.2. The second-order valence-corrected chi connectivity index (χ2v) is 6.80. The van der Waals surface area contributed by atoms with Crippen LogP contribution in [0.1, 0.15) is 54.9 Å². The fourth-order valence-electron chi connectivity index (χ4n) is 3.21. The molecule has 0 saturated heterocycles. The van der Waals surface area contributed by atoms with E-state index < -0.39 is 0 Å². The topological polar surface area (TPSA) is 33.2 Å². The van der Waals surface area contributed by atoms with E-state index in [0.29, 0.717) is 0 Å². The highest BCUT2D eigenvalue weighted by molar-refractivity contribution is 6.00. The number of fused-ring (bicyclic) bond motifs is 1. The van der Waals surface area contributed by atoms with E-state index in [0.717, 1.165) is 47.4 Å². The Morgan fingerprint density at radius 1 is 1.30 bits per heavy atom. The lowest BCUT2D eigenvalue weighted by Crippen LogP contribution is -2.28. The van der Waals surface area contributed by atoms with Gasteiger partial charge in [0.05, 0.1) is 16.8 Å². The highest BCUT2D eigenvalue weighted by atomic mass is 16.1. The largest absolute Gasteiger partial charge is 0.370 e. The molecule has 1 aliphatic carbocycles. The van der Waals surface area contributed by atoms with Crippen LogP contribution in [0.4, 0.5) is 5.69 Å². The van der Waals surface area contributed by atoms with E-state index in [4.69, 9.17) is 0 Å². The quantitative estimate of drug-likeness (QED) is 0.520. The van der Waals surface area contributed by atoms with Gasteiger partial charge in [-0.25, -0.2) is 0 Å². The summed E-state index contributed by atoms with van der Waals surface area (Å²) in [7, 11) is 0. The van der Waals surface area contributed by atoms with Gasteiger partial charge in [-0.3, -0.25) is 9.78 Å². The molecule has 1 aliphatic rings. The predicted octanol–water partition coefficient (Wildman–Crippen LogP) is 4.76. The third-order valence-corrected chi connectivity index (χ3v) is 4.67. The third-order valence-electron chi connectivity index (χ3n) is 4.67. The van der Waals surface area contributed by atoms with E-state index in [9.17, 15) is 4.79 Å². The van der Waals surface area contributed by atoms with Crippen LogP contribution in [0.2, 0.25) is 0 Å². The molecule has 23 heavy (non-hydrogen) atoms. The van der Waals surface area contributed by atoms with Gasteiger partial charge < -0.3 is 4.90 Å². The minimum atomic E-state index is 0.722. The van der Waals surface area contributed by atoms with E-state index in [1.54, 1.807) is 6.20 Å². The maximum atomic E-state index is 11.6. The van der Waals surface area contributed by atoms with Crippen LogP contribution in [0, 0.1) is 12.8 Å². The second kappa shape index (κ2) is 7.12. The number of aryl methyl sites for hydroxylation is 1. The molecule has 3 nitrogen and oxygen atoms in total. The number of aromatic nitrogens is 1. The van der Waals surface area contributed by atoms with Crippen LogP contribution in [0.15, 0.2) is 24.4 Å². The summed E-state index contributed by atoms with van der Waals surface area (Å²) < 4.78 is 0. The average Bonchev–Trinajstić information content (AvgIpc) is 3.37. The lowest BCUT2D eigenvalue weighted by atomic mass is 10.1. The van der Waals surface area contributed by atoms with Crippen molar-refractivity contribution in [3.05, 3.63) is 35.5 Å². The van der Waals surface area contributed by atoms with Gasteiger partial charge in [0, 0.05) is 24.7 Å². The van der Waals surface area contributed by atoms with Gasteiger partial charge in [-0.05, 0) is 44.2 Å². The van der Waals surface area contributed by atoms with Crippen molar-refractivity contribution in [1.82, 2.24) is 4.98 Å². The molecule has 122 valence electrons. The maximum Gasteiger partial charge on any atom is 0.153 e. The molecule has 1 aromatic heterocycles. The maximum absolute atomic E-state index is 11.6. The van der Waals surface area contributed by atoms with Gasteiger partial charge in [0.25, 0.3) is 0 Å². The van der Waals surface area contributed by atoms with E-state index in [-0.39, 0.29) is 0 Å². The zero-order chi connectivity index (χ0) is 16.2. The van der Waals surface area contributed by atoms with E-state index in [1.165, 1.54) is 37.7 Å². The number of nitrogens with zero attached hydrogens (tertiary/aromatic N) is 2. The molecule has 1 aromatic carbocycles. The van der Waals surface area contributed by atoms with Crippen molar-refractivity contribution in [2.45, 2.75) is 46.0 Å². The van der Waals surface area contributed by atoms with Crippen molar-refractivity contribution in [2.24, 2.45) is 5.92 Å². The number of anilines is 1. The number of carbonyl (C=O) groups is 1. The van der Waals surface area contributed by atoms with Gasteiger partial charge in [0.15, 0.2) is 6.29 Å². The molecule has 0 bridgehead atoms. The predicted molar refractivity (Wildman–Crippen MR) is 96.3 cm³/mol. The minimum Gasteiger partial charge on any atom is -0.370 e. The average molecular weight is 310 g/mol. The number of benzene rings is 1. The molecule has 0 amide bonds. The lowest BCUT2D eigenvalue weighted by Gasteiger charge is -2.27. The highest BCUT2D eigenvalue weighted by Gasteiger charge is 2.26. The zero-order valence-electron chi connectivity index (χ0n) is 14.2. The standard InChI is InChI=1S/C20H26N2O/c1-3-4-5-10-22(13-16-7-8-16)20-17(14-23)12-21-19-9-6-15(2)11-18(19)20/h6,9,11-12,14,16H,3-5,7-8,10,13H2,1-2H3. The Balaban J connectivity index is 2.04. The Hall–Kier alpha value is -1.90. The van der Waals surface area contributed by atoms with Gasteiger partial charge in [-0.2, -0.15) is 0 Å². The van der Waals surface area contributed by atoms with Gasteiger partial charge in [-0.15, -0.1) is 0 Å². The second-order valence-electron chi connectivity index (χ2n) is 6.80.